The lowest BCUT2D eigenvalue weighted by Gasteiger charge is -2.11. The van der Waals surface area contributed by atoms with Crippen LogP contribution in [0.15, 0.2) is 54.6 Å². The molecule has 3 heteroatoms. The fourth-order valence-electron chi connectivity index (χ4n) is 2.63. The molecular formula is C19H23NO2. The van der Waals surface area contributed by atoms with Gasteiger partial charge in [0.2, 0.25) is 0 Å². The minimum Gasteiger partial charge on any atom is -0.489 e. The molecule has 1 N–H and O–H groups in total. The lowest BCUT2D eigenvalue weighted by molar-refractivity contribution is 0.110. The lowest BCUT2D eigenvalue weighted by atomic mass is 10.2. The normalized spacial score (nSPS) is 17.5. The lowest BCUT2D eigenvalue weighted by Crippen LogP contribution is -2.25. The predicted molar refractivity (Wildman–Crippen MR) is 87.9 cm³/mol. The van der Waals surface area contributed by atoms with Gasteiger partial charge in [0.1, 0.15) is 12.4 Å². The van der Waals surface area contributed by atoms with Crippen molar-refractivity contribution >= 4 is 0 Å². The van der Waals surface area contributed by atoms with Crippen LogP contribution in [-0.2, 0) is 17.9 Å². The van der Waals surface area contributed by atoms with E-state index >= 15 is 0 Å². The second kappa shape index (κ2) is 7.97. The van der Waals surface area contributed by atoms with Crippen molar-refractivity contribution in [2.24, 2.45) is 0 Å². The zero-order valence-corrected chi connectivity index (χ0v) is 12.8. The minimum atomic E-state index is 0.397. The topological polar surface area (TPSA) is 30.5 Å². The standard InChI is InChI=1S/C19H23NO2/c1-2-5-17(6-3-1)15-22-18-10-8-16(9-11-18)13-20-14-19-7-4-12-21-19/h1-3,5-6,8-11,19-20H,4,7,12-15H2/t19-/m1/s1. The monoisotopic (exact) mass is 297 g/mol. The highest BCUT2D eigenvalue weighted by atomic mass is 16.5. The second-order valence-electron chi connectivity index (χ2n) is 5.68. The number of hydrogen-bond acceptors (Lipinski definition) is 3. The molecule has 0 unspecified atom stereocenters. The third-order valence-electron chi connectivity index (χ3n) is 3.90. The van der Waals surface area contributed by atoms with Crippen LogP contribution in [-0.4, -0.2) is 19.3 Å². The molecule has 1 aliphatic heterocycles. The first-order chi connectivity index (χ1) is 10.9. The molecule has 0 radical (unpaired) electrons. The van der Waals surface area contributed by atoms with E-state index < -0.39 is 0 Å². The van der Waals surface area contributed by atoms with Gasteiger partial charge in [-0.2, -0.15) is 0 Å². The van der Waals surface area contributed by atoms with Gasteiger partial charge in [0.15, 0.2) is 0 Å². The molecule has 1 fully saturated rings. The van der Waals surface area contributed by atoms with E-state index in [9.17, 15) is 0 Å². The van der Waals surface area contributed by atoms with E-state index in [4.69, 9.17) is 9.47 Å². The predicted octanol–water partition coefficient (Wildman–Crippen LogP) is 3.53. The summed E-state index contributed by atoms with van der Waals surface area (Å²) in [6, 6.07) is 18.5. The second-order valence-corrected chi connectivity index (χ2v) is 5.68. The SMILES string of the molecule is c1ccc(COc2ccc(CNC[C@H]3CCCO3)cc2)cc1. The Morgan fingerprint density at radius 1 is 1.00 bits per heavy atom. The average molecular weight is 297 g/mol. The third-order valence-corrected chi connectivity index (χ3v) is 3.90. The number of rotatable bonds is 7. The number of nitrogens with one attached hydrogen (secondary N) is 1. The first kappa shape index (κ1) is 15.1. The minimum absolute atomic E-state index is 0.397. The van der Waals surface area contributed by atoms with E-state index in [0.29, 0.717) is 12.7 Å². The van der Waals surface area contributed by atoms with Crippen LogP contribution in [0.5, 0.6) is 5.75 Å². The Kier molecular flexibility index (Phi) is 5.46. The molecule has 116 valence electrons. The molecule has 2 aromatic rings. The zero-order valence-electron chi connectivity index (χ0n) is 12.8. The Bertz CT molecular complexity index is 547. The Morgan fingerprint density at radius 2 is 1.82 bits per heavy atom. The van der Waals surface area contributed by atoms with Crippen molar-refractivity contribution in [3.63, 3.8) is 0 Å². The van der Waals surface area contributed by atoms with Gasteiger partial charge in [-0.25, -0.2) is 0 Å². The van der Waals surface area contributed by atoms with Crippen LogP contribution in [0.4, 0.5) is 0 Å². The molecule has 3 rings (SSSR count). The summed E-state index contributed by atoms with van der Waals surface area (Å²) in [5, 5.41) is 3.46. The van der Waals surface area contributed by atoms with Crippen LogP contribution in [0.25, 0.3) is 0 Å². The van der Waals surface area contributed by atoms with E-state index in [0.717, 1.165) is 25.4 Å². The Hall–Kier alpha value is -1.84. The molecule has 0 aromatic heterocycles. The highest BCUT2D eigenvalue weighted by Gasteiger charge is 2.14. The highest BCUT2D eigenvalue weighted by molar-refractivity contribution is 5.27. The van der Waals surface area contributed by atoms with Crippen LogP contribution in [0, 0.1) is 0 Å². The van der Waals surface area contributed by atoms with Gasteiger partial charge in [0.05, 0.1) is 6.10 Å². The third kappa shape index (κ3) is 4.58. The van der Waals surface area contributed by atoms with Crippen molar-refractivity contribution in [1.29, 1.82) is 0 Å². The fraction of sp³-hybridized carbons (Fsp3) is 0.368. The van der Waals surface area contributed by atoms with Crippen molar-refractivity contribution in [3.05, 3.63) is 65.7 Å². The fourth-order valence-corrected chi connectivity index (χ4v) is 2.63. The highest BCUT2D eigenvalue weighted by Crippen LogP contribution is 2.15. The molecule has 0 spiro atoms. The molecular weight excluding hydrogens is 274 g/mol. The largest absolute Gasteiger partial charge is 0.489 e. The van der Waals surface area contributed by atoms with Crippen molar-refractivity contribution in [2.45, 2.75) is 32.1 Å². The van der Waals surface area contributed by atoms with Crippen molar-refractivity contribution in [3.8, 4) is 5.75 Å². The molecule has 2 aromatic carbocycles. The molecule has 0 bridgehead atoms. The van der Waals surface area contributed by atoms with Crippen molar-refractivity contribution < 1.29 is 9.47 Å². The molecule has 22 heavy (non-hydrogen) atoms. The smallest absolute Gasteiger partial charge is 0.119 e. The van der Waals surface area contributed by atoms with E-state index in [1.54, 1.807) is 0 Å². The maximum Gasteiger partial charge on any atom is 0.119 e. The Balaban J connectivity index is 1.41. The summed E-state index contributed by atoms with van der Waals surface area (Å²) in [5.41, 5.74) is 2.45. The summed E-state index contributed by atoms with van der Waals surface area (Å²) in [7, 11) is 0. The molecule has 3 nitrogen and oxygen atoms in total. The molecule has 0 aliphatic carbocycles. The number of hydrogen-bond donors (Lipinski definition) is 1. The average Bonchev–Trinajstić information content (AvgIpc) is 3.08. The molecule has 1 heterocycles. The quantitative estimate of drug-likeness (QED) is 0.848. The van der Waals surface area contributed by atoms with E-state index in [-0.39, 0.29) is 0 Å². The number of ether oxygens (including phenoxy) is 2. The molecule has 0 amide bonds. The maximum atomic E-state index is 5.79. The van der Waals surface area contributed by atoms with Gasteiger partial charge in [-0.1, -0.05) is 42.5 Å². The summed E-state index contributed by atoms with van der Waals surface area (Å²) in [6.07, 6.45) is 2.77. The van der Waals surface area contributed by atoms with Gasteiger partial charge in [0.25, 0.3) is 0 Å². The Morgan fingerprint density at radius 3 is 2.55 bits per heavy atom. The van der Waals surface area contributed by atoms with Gasteiger partial charge < -0.3 is 14.8 Å². The first-order valence-corrected chi connectivity index (χ1v) is 7.98. The maximum absolute atomic E-state index is 5.79. The molecule has 1 atom stereocenters. The number of benzene rings is 2. The van der Waals surface area contributed by atoms with Crippen LogP contribution in [0.3, 0.4) is 0 Å². The van der Waals surface area contributed by atoms with Crippen LogP contribution < -0.4 is 10.1 Å². The van der Waals surface area contributed by atoms with Crippen LogP contribution >= 0.6 is 0 Å². The summed E-state index contributed by atoms with van der Waals surface area (Å²) < 4.78 is 11.4. The summed E-state index contributed by atoms with van der Waals surface area (Å²) in [4.78, 5) is 0. The molecule has 1 saturated heterocycles. The molecule has 0 saturated carbocycles. The summed E-state index contributed by atoms with van der Waals surface area (Å²) in [5.74, 6) is 0.909. The van der Waals surface area contributed by atoms with Crippen molar-refractivity contribution in [2.75, 3.05) is 13.2 Å². The van der Waals surface area contributed by atoms with Crippen LogP contribution in [0.2, 0.25) is 0 Å². The van der Waals surface area contributed by atoms with E-state index in [1.807, 2.05) is 30.3 Å². The zero-order chi connectivity index (χ0) is 15.0. The van der Waals surface area contributed by atoms with Gasteiger partial charge in [-0.05, 0) is 36.1 Å². The van der Waals surface area contributed by atoms with Crippen molar-refractivity contribution in [1.82, 2.24) is 5.32 Å². The summed E-state index contributed by atoms with van der Waals surface area (Å²) >= 11 is 0. The van der Waals surface area contributed by atoms with Gasteiger partial charge >= 0.3 is 0 Å². The van der Waals surface area contributed by atoms with Gasteiger partial charge in [-0.3, -0.25) is 0 Å². The van der Waals surface area contributed by atoms with Gasteiger partial charge in [-0.15, -0.1) is 0 Å². The first-order valence-electron chi connectivity index (χ1n) is 7.98. The summed E-state index contributed by atoms with van der Waals surface area (Å²) in [6.45, 7) is 3.34. The van der Waals surface area contributed by atoms with Crippen LogP contribution in [0.1, 0.15) is 24.0 Å². The van der Waals surface area contributed by atoms with Gasteiger partial charge in [0, 0.05) is 19.7 Å². The van der Waals surface area contributed by atoms with E-state index in [1.165, 1.54) is 24.0 Å². The van der Waals surface area contributed by atoms with E-state index in [2.05, 4.69) is 29.6 Å². The molecule has 1 aliphatic rings. The Labute approximate surface area is 132 Å².